The fourth-order valence-electron chi connectivity index (χ4n) is 10.0. The molecule has 9 aromatic carbocycles. The largest absolute Gasteiger partial charge is 0.456 e. The maximum Gasteiger partial charge on any atom is 0.180 e. The van der Waals surface area contributed by atoms with Crippen LogP contribution in [0, 0.1) is 0 Å². The van der Waals surface area contributed by atoms with Gasteiger partial charge in [-0.25, -0.2) is 9.97 Å². The zero-order valence-electron chi connectivity index (χ0n) is 34.2. The van der Waals surface area contributed by atoms with Gasteiger partial charge in [-0.3, -0.25) is 0 Å². The molecule has 14 rings (SSSR count). The molecule has 0 aliphatic heterocycles. The number of fused-ring (bicyclic) bond motifs is 12. The summed E-state index contributed by atoms with van der Waals surface area (Å²) < 4.78 is 18.0. The highest BCUT2D eigenvalue weighted by molar-refractivity contribution is 6.20. The minimum Gasteiger partial charge on any atom is -0.456 e. The first-order valence-electron chi connectivity index (χ1n) is 21.6. The van der Waals surface area contributed by atoms with Crippen LogP contribution in [-0.4, -0.2) is 19.1 Å². The molecule has 14 aromatic rings. The van der Waals surface area contributed by atoms with Crippen molar-refractivity contribution in [2.45, 2.75) is 0 Å². The summed E-state index contributed by atoms with van der Waals surface area (Å²) in [6.45, 7) is 0. The zero-order valence-corrected chi connectivity index (χ0v) is 34.2. The molecule has 0 amide bonds. The van der Waals surface area contributed by atoms with Crippen LogP contribution in [0.5, 0.6) is 0 Å². The van der Waals surface area contributed by atoms with Crippen molar-refractivity contribution in [3.8, 4) is 45.1 Å². The fraction of sp³-hybridized carbons (Fsp3) is 0. The highest BCUT2D eigenvalue weighted by atomic mass is 16.3. The van der Waals surface area contributed by atoms with E-state index in [4.69, 9.17) is 18.8 Å². The lowest BCUT2D eigenvalue weighted by molar-refractivity contribution is 0.667. The summed E-state index contributed by atoms with van der Waals surface area (Å²) in [5, 5.41) is 7.81. The minimum atomic E-state index is 0.614. The molecule has 6 nitrogen and oxygen atoms in total. The smallest absolute Gasteiger partial charge is 0.180 e. The predicted molar refractivity (Wildman–Crippen MR) is 262 cm³/mol. The van der Waals surface area contributed by atoms with Crippen molar-refractivity contribution in [3.05, 3.63) is 206 Å². The Hall–Kier alpha value is -8.74. The molecule has 0 saturated heterocycles. The second-order valence-electron chi connectivity index (χ2n) is 16.5. The standard InChI is InChI=1S/C58H34N4O2/c1-3-14-35(15-4-1)36-26-28-37(29-27-36)55-57-56(42-20-9-12-24-51(42)64-57)60-58(59-55)38-30-31-52-45(32-38)54-48(23-13-25-53(54)63-52)62-47-22-11-8-19-41(47)44-33-43-40-18-7-10-21-46(40)61(49(43)34-50(44)62)39-16-5-2-6-17-39/h1-34H. The maximum absolute atomic E-state index is 6.68. The molecule has 0 spiro atoms. The molecular formula is C58H34N4O2. The topological polar surface area (TPSA) is 61.9 Å². The van der Waals surface area contributed by atoms with E-state index in [-0.39, 0.29) is 0 Å². The number of hydrogen-bond donors (Lipinski definition) is 0. The number of nitrogens with zero attached hydrogens (tertiary/aromatic N) is 4. The van der Waals surface area contributed by atoms with Crippen LogP contribution in [0.25, 0.3) is 133 Å². The Morgan fingerprint density at radius 3 is 1.72 bits per heavy atom. The van der Waals surface area contributed by atoms with Gasteiger partial charge in [-0.2, -0.15) is 0 Å². The molecule has 0 unspecified atom stereocenters. The normalized spacial score (nSPS) is 12.1. The van der Waals surface area contributed by atoms with E-state index in [9.17, 15) is 0 Å². The van der Waals surface area contributed by atoms with Crippen LogP contribution in [0.3, 0.4) is 0 Å². The van der Waals surface area contributed by atoms with Gasteiger partial charge < -0.3 is 18.0 Å². The van der Waals surface area contributed by atoms with Crippen LogP contribution in [0.1, 0.15) is 0 Å². The van der Waals surface area contributed by atoms with E-state index in [0.717, 1.165) is 94.3 Å². The van der Waals surface area contributed by atoms with Crippen molar-refractivity contribution in [1.29, 1.82) is 0 Å². The SMILES string of the molecule is c1ccc(-c2ccc(-c3nc(-c4ccc5oc6cccc(-n7c8ccccc8c8cc9c%10ccccc%10n(-c%10ccccc%10)c9cc87)c6c5c4)nc4c3oc3ccccc34)cc2)cc1. The Labute approximate surface area is 365 Å². The molecule has 64 heavy (non-hydrogen) atoms. The Morgan fingerprint density at radius 2 is 0.938 bits per heavy atom. The molecular weight excluding hydrogens is 785 g/mol. The first-order chi connectivity index (χ1) is 31.7. The molecule has 0 fully saturated rings. The van der Waals surface area contributed by atoms with Gasteiger partial charge in [-0.15, -0.1) is 0 Å². The van der Waals surface area contributed by atoms with Crippen molar-refractivity contribution >= 4 is 87.6 Å². The van der Waals surface area contributed by atoms with Crippen molar-refractivity contribution in [2.75, 3.05) is 0 Å². The number of para-hydroxylation sites is 4. The molecule has 0 aliphatic carbocycles. The number of benzene rings is 9. The van der Waals surface area contributed by atoms with Gasteiger partial charge in [0.1, 0.15) is 28.0 Å². The summed E-state index contributed by atoms with van der Waals surface area (Å²) in [5.74, 6) is 0.614. The van der Waals surface area contributed by atoms with E-state index >= 15 is 0 Å². The Morgan fingerprint density at radius 1 is 0.344 bits per heavy atom. The Bertz CT molecular complexity index is 4180. The van der Waals surface area contributed by atoms with E-state index in [1.54, 1.807) is 0 Å². The molecule has 5 heterocycles. The van der Waals surface area contributed by atoms with Crippen molar-refractivity contribution in [2.24, 2.45) is 0 Å². The first-order valence-corrected chi connectivity index (χ1v) is 21.6. The van der Waals surface area contributed by atoms with Crippen LogP contribution in [0.15, 0.2) is 215 Å². The lowest BCUT2D eigenvalue weighted by Crippen LogP contribution is -1.96. The third-order valence-electron chi connectivity index (χ3n) is 12.9. The fourth-order valence-corrected chi connectivity index (χ4v) is 10.0. The second-order valence-corrected chi connectivity index (χ2v) is 16.5. The van der Waals surface area contributed by atoms with Crippen molar-refractivity contribution in [3.63, 3.8) is 0 Å². The van der Waals surface area contributed by atoms with Crippen molar-refractivity contribution < 1.29 is 8.83 Å². The molecule has 0 saturated carbocycles. The number of aromatic nitrogens is 4. The molecule has 5 aromatic heterocycles. The van der Waals surface area contributed by atoms with Crippen LogP contribution in [-0.2, 0) is 0 Å². The summed E-state index contributed by atoms with van der Waals surface area (Å²) in [6, 6.07) is 72.6. The summed E-state index contributed by atoms with van der Waals surface area (Å²) in [6.07, 6.45) is 0. The third-order valence-corrected chi connectivity index (χ3v) is 12.9. The van der Waals surface area contributed by atoms with Gasteiger partial charge in [0.2, 0.25) is 0 Å². The van der Waals surface area contributed by atoms with Gasteiger partial charge in [0, 0.05) is 49.1 Å². The number of furan rings is 2. The number of rotatable bonds is 5. The predicted octanol–water partition coefficient (Wildman–Crippen LogP) is 15.5. The summed E-state index contributed by atoms with van der Waals surface area (Å²) >= 11 is 0. The van der Waals surface area contributed by atoms with E-state index in [1.807, 2.05) is 24.3 Å². The Kier molecular flexibility index (Phi) is 7.30. The van der Waals surface area contributed by atoms with Gasteiger partial charge in [0.05, 0.1) is 33.1 Å². The lowest BCUT2D eigenvalue weighted by atomic mass is 10.0. The minimum absolute atomic E-state index is 0.614. The number of hydrogen-bond acceptors (Lipinski definition) is 4. The van der Waals surface area contributed by atoms with E-state index in [1.165, 1.54) is 27.1 Å². The van der Waals surface area contributed by atoms with Gasteiger partial charge in [-0.1, -0.05) is 127 Å². The monoisotopic (exact) mass is 818 g/mol. The molecule has 0 atom stereocenters. The summed E-state index contributed by atoms with van der Waals surface area (Å²) in [7, 11) is 0. The highest BCUT2D eigenvalue weighted by Gasteiger charge is 2.23. The Balaban J connectivity index is 1.00. The van der Waals surface area contributed by atoms with Crippen LogP contribution in [0.4, 0.5) is 0 Å². The second kappa shape index (κ2) is 13.4. The van der Waals surface area contributed by atoms with E-state index in [0.29, 0.717) is 11.4 Å². The average Bonchev–Trinajstić information content (AvgIpc) is 4.11. The van der Waals surface area contributed by atoms with Gasteiger partial charge in [0.25, 0.3) is 0 Å². The lowest BCUT2D eigenvalue weighted by Gasteiger charge is -2.11. The molecule has 298 valence electrons. The molecule has 0 N–H and O–H groups in total. The van der Waals surface area contributed by atoms with E-state index < -0.39 is 0 Å². The summed E-state index contributed by atoms with van der Waals surface area (Å²) in [4.78, 5) is 10.5. The van der Waals surface area contributed by atoms with Gasteiger partial charge in [-0.05, 0) is 90.0 Å². The third kappa shape index (κ3) is 5.08. The van der Waals surface area contributed by atoms with E-state index in [2.05, 4.69) is 191 Å². The maximum atomic E-state index is 6.68. The summed E-state index contributed by atoms with van der Waals surface area (Å²) in [5.41, 5.74) is 15.5. The van der Waals surface area contributed by atoms with Crippen LogP contribution in [0.2, 0.25) is 0 Å². The quantitative estimate of drug-likeness (QED) is 0.174. The van der Waals surface area contributed by atoms with Crippen molar-refractivity contribution in [1.82, 2.24) is 19.1 Å². The van der Waals surface area contributed by atoms with Crippen LogP contribution >= 0.6 is 0 Å². The average molecular weight is 819 g/mol. The highest BCUT2D eigenvalue weighted by Crippen LogP contribution is 2.43. The van der Waals surface area contributed by atoms with Gasteiger partial charge >= 0.3 is 0 Å². The zero-order chi connectivity index (χ0) is 41.9. The molecule has 6 heteroatoms. The molecule has 0 radical (unpaired) electrons. The molecule has 0 aliphatic rings. The van der Waals surface area contributed by atoms with Crippen LogP contribution < -0.4 is 0 Å². The first kappa shape index (κ1) is 34.9. The molecule has 0 bridgehead atoms. The van der Waals surface area contributed by atoms with Gasteiger partial charge in [0.15, 0.2) is 11.4 Å².